The Balaban J connectivity index is 2.12. The maximum absolute atomic E-state index is 12.5. The summed E-state index contributed by atoms with van der Waals surface area (Å²) in [6.45, 7) is 0. The van der Waals surface area contributed by atoms with Crippen LogP contribution in [0, 0.1) is 0 Å². The van der Waals surface area contributed by atoms with E-state index in [9.17, 15) is 4.79 Å². The van der Waals surface area contributed by atoms with Gasteiger partial charge in [0.25, 0.3) is 0 Å². The molecule has 19 heavy (non-hydrogen) atoms. The summed E-state index contributed by atoms with van der Waals surface area (Å²) >= 11 is 4.81. The van der Waals surface area contributed by atoms with Gasteiger partial charge in [0, 0.05) is 22.7 Å². The van der Waals surface area contributed by atoms with Crippen molar-refractivity contribution in [3.05, 3.63) is 50.8 Å². The molecule has 0 aliphatic rings. The molecule has 0 fully saturated rings. The van der Waals surface area contributed by atoms with Gasteiger partial charge in [-0.25, -0.2) is 0 Å². The van der Waals surface area contributed by atoms with Crippen molar-refractivity contribution in [1.29, 1.82) is 0 Å². The lowest BCUT2D eigenvalue weighted by atomic mass is 10.1. The van der Waals surface area contributed by atoms with Crippen molar-refractivity contribution in [2.24, 2.45) is 0 Å². The number of hydrogen-bond donors (Lipinski definition) is 1. The summed E-state index contributed by atoms with van der Waals surface area (Å²) in [6, 6.07) is 9.37. The standard InChI is InChI=1S/C14H10BrNO2S/c1-18-8-2-3-11-9(6-8)10(7-16-11)14(17)12-4-5-13(15)19-12/h2-7,16H,1H3. The van der Waals surface area contributed by atoms with Crippen molar-refractivity contribution in [2.75, 3.05) is 7.11 Å². The molecule has 0 spiro atoms. The molecule has 1 N–H and O–H groups in total. The normalized spacial score (nSPS) is 10.8. The number of methoxy groups -OCH3 is 1. The van der Waals surface area contributed by atoms with E-state index >= 15 is 0 Å². The van der Waals surface area contributed by atoms with Crippen LogP contribution in [0.2, 0.25) is 0 Å². The summed E-state index contributed by atoms with van der Waals surface area (Å²) in [5, 5.41) is 0.883. The van der Waals surface area contributed by atoms with E-state index in [1.165, 1.54) is 11.3 Å². The highest BCUT2D eigenvalue weighted by molar-refractivity contribution is 9.11. The van der Waals surface area contributed by atoms with Gasteiger partial charge in [-0.3, -0.25) is 4.79 Å². The fourth-order valence-corrected chi connectivity index (χ4v) is 3.32. The Kier molecular flexibility index (Phi) is 3.16. The Morgan fingerprint density at radius 2 is 2.16 bits per heavy atom. The molecule has 3 nitrogen and oxygen atoms in total. The van der Waals surface area contributed by atoms with Crippen molar-refractivity contribution in [3.63, 3.8) is 0 Å². The van der Waals surface area contributed by atoms with Crippen molar-refractivity contribution in [1.82, 2.24) is 4.98 Å². The van der Waals surface area contributed by atoms with E-state index in [0.29, 0.717) is 5.56 Å². The molecule has 0 unspecified atom stereocenters. The molecule has 0 aliphatic heterocycles. The molecular formula is C14H10BrNO2S. The topological polar surface area (TPSA) is 42.1 Å². The molecule has 0 amide bonds. The third kappa shape index (κ3) is 2.19. The summed E-state index contributed by atoms with van der Waals surface area (Å²) in [4.78, 5) is 16.3. The van der Waals surface area contributed by atoms with Crippen molar-refractivity contribution in [2.45, 2.75) is 0 Å². The third-order valence-corrected chi connectivity index (χ3v) is 4.55. The number of benzene rings is 1. The fourth-order valence-electron chi connectivity index (χ4n) is 1.98. The lowest BCUT2D eigenvalue weighted by Gasteiger charge is -2.00. The van der Waals surface area contributed by atoms with Crippen molar-refractivity contribution < 1.29 is 9.53 Å². The van der Waals surface area contributed by atoms with Gasteiger partial charge in [-0.15, -0.1) is 11.3 Å². The molecule has 0 bridgehead atoms. The number of ether oxygens (including phenoxy) is 1. The minimum atomic E-state index is 0.0233. The SMILES string of the molecule is COc1ccc2[nH]cc(C(=O)c3ccc(Br)s3)c2c1. The highest BCUT2D eigenvalue weighted by Crippen LogP contribution is 2.29. The number of carbonyl (C=O) groups excluding carboxylic acids is 1. The minimum Gasteiger partial charge on any atom is -0.497 e. The number of nitrogens with one attached hydrogen (secondary N) is 1. The number of aromatic amines is 1. The number of H-pyrrole nitrogens is 1. The zero-order chi connectivity index (χ0) is 13.4. The second-order valence-corrected chi connectivity index (χ2v) is 6.51. The van der Waals surface area contributed by atoms with Gasteiger partial charge < -0.3 is 9.72 Å². The molecular weight excluding hydrogens is 326 g/mol. The summed E-state index contributed by atoms with van der Waals surface area (Å²) in [5.74, 6) is 0.767. The predicted molar refractivity (Wildman–Crippen MR) is 80.3 cm³/mol. The largest absolute Gasteiger partial charge is 0.497 e. The summed E-state index contributed by atoms with van der Waals surface area (Å²) in [7, 11) is 1.62. The van der Waals surface area contributed by atoms with Crippen LogP contribution in [0.4, 0.5) is 0 Å². The Labute approximate surface area is 122 Å². The van der Waals surface area contributed by atoms with Gasteiger partial charge in [-0.1, -0.05) is 0 Å². The summed E-state index contributed by atoms with van der Waals surface area (Å²) in [5.41, 5.74) is 1.60. The van der Waals surface area contributed by atoms with Crippen LogP contribution >= 0.6 is 27.3 Å². The van der Waals surface area contributed by atoms with E-state index in [1.807, 2.05) is 30.3 Å². The quantitative estimate of drug-likeness (QED) is 0.727. The van der Waals surface area contributed by atoms with Crippen LogP contribution in [0.3, 0.4) is 0 Å². The second-order valence-electron chi connectivity index (χ2n) is 4.05. The average Bonchev–Trinajstić information content (AvgIpc) is 3.03. The number of carbonyl (C=O) groups is 1. The van der Waals surface area contributed by atoms with Crippen LogP contribution < -0.4 is 4.74 Å². The van der Waals surface area contributed by atoms with Crippen LogP contribution in [-0.2, 0) is 0 Å². The second kappa shape index (κ2) is 4.83. The Morgan fingerprint density at radius 1 is 1.32 bits per heavy atom. The Hall–Kier alpha value is -1.59. The van der Waals surface area contributed by atoms with Gasteiger partial charge in [-0.05, 0) is 46.3 Å². The van der Waals surface area contributed by atoms with Crippen LogP contribution in [0.5, 0.6) is 5.75 Å². The van der Waals surface area contributed by atoms with E-state index < -0.39 is 0 Å². The van der Waals surface area contributed by atoms with Crippen LogP contribution in [0.15, 0.2) is 40.3 Å². The molecule has 2 aromatic heterocycles. The summed E-state index contributed by atoms with van der Waals surface area (Å²) in [6.07, 6.45) is 1.75. The van der Waals surface area contributed by atoms with Gasteiger partial charge in [0.15, 0.2) is 0 Å². The molecule has 96 valence electrons. The minimum absolute atomic E-state index is 0.0233. The molecule has 0 radical (unpaired) electrons. The van der Waals surface area contributed by atoms with Crippen molar-refractivity contribution >= 4 is 44.0 Å². The summed E-state index contributed by atoms with van der Waals surface area (Å²) < 4.78 is 6.16. The zero-order valence-electron chi connectivity index (χ0n) is 10.1. The molecule has 1 aromatic carbocycles. The number of thiophene rings is 1. The third-order valence-electron chi connectivity index (χ3n) is 2.93. The molecule has 2 heterocycles. The van der Waals surface area contributed by atoms with Gasteiger partial charge in [0.1, 0.15) is 5.75 Å². The Morgan fingerprint density at radius 3 is 2.84 bits per heavy atom. The first kappa shape index (κ1) is 12.4. The number of hydrogen-bond acceptors (Lipinski definition) is 3. The van der Waals surface area contributed by atoms with E-state index in [2.05, 4.69) is 20.9 Å². The first-order valence-corrected chi connectivity index (χ1v) is 7.25. The first-order valence-electron chi connectivity index (χ1n) is 5.64. The van der Waals surface area contributed by atoms with E-state index in [1.54, 1.807) is 13.3 Å². The van der Waals surface area contributed by atoms with E-state index in [4.69, 9.17) is 4.74 Å². The molecule has 0 atom stereocenters. The lowest BCUT2D eigenvalue weighted by molar-refractivity contribution is 0.104. The predicted octanol–water partition coefficient (Wildman–Crippen LogP) is 4.23. The molecule has 3 aromatic rings. The molecule has 5 heteroatoms. The number of fused-ring (bicyclic) bond motifs is 1. The van der Waals surface area contributed by atoms with Crippen LogP contribution in [-0.4, -0.2) is 17.9 Å². The van der Waals surface area contributed by atoms with Crippen molar-refractivity contribution in [3.8, 4) is 5.75 Å². The van der Waals surface area contributed by atoms with Gasteiger partial charge >= 0.3 is 0 Å². The van der Waals surface area contributed by atoms with Gasteiger partial charge in [-0.2, -0.15) is 0 Å². The number of aromatic nitrogens is 1. The lowest BCUT2D eigenvalue weighted by Crippen LogP contribution is -1.96. The maximum Gasteiger partial charge on any atom is 0.205 e. The zero-order valence-corrected chi connectivity index (χ0v) is 12.5. The smallest absolute Gasteiger partial charge is 0.205 e. The highest BCUT2D eigenvalue weighted by Gasteiger charge is 2.16. The Bertz CT molecular complexity index is 760. The highest BCUT2D eigenvalue weighted by atomic mass is 79.9. The van der Waals surface area contributed by atoms with Gasteiger partial charge in [0.2, 0.25) is 5.78 Å². The van der Waals surface area contributed by atoms with Crippen LogP contribution in [0.25, 0.3) is 10.9 Å². The average molecular weight is 336 g/mol. The van der Waals surface area contributed by atoms with Gasteiger partial charge in [0.05, 0.1) is 15.8 Å². The maximum atomic E-state index is 12.5. The molecule has 0 saturated heterocycles. The molecule has 0 saturated carbocycles. The van der Waals surface area contributed by atoms with E-state index in [-0.39, 0.29) is 5.78 Å². The number of rotatable bonds is 3. The fraction of sp³-hybridized carbons (Fsp3) is 0.0714. The first-order chi connectivity index (χ1) is 9.19. The molecule has 0 aliphatic carbocycles. The monoisotopic (exact) mass is 335 g/mol. The number of halogens is 1. The molecule has 3 rings (SSSR count). The number of ketones is 1. The van der Waals surface area contributed by atoms with E-state index in [0.717, 1.165) is 25.3 Å². The van der Waals surface area contributed by atoms with Crippen LogP contribution in [0.1, 0.15) is 15.2 Å².